The summed E-state index contributed by atoms with van der Waals surface area (Å²) in [5.74, 6) is 1.60. The lowest BCUT2D eigenvalue weighted by Gasteiger charge is -2.25. The van der Waals surface area contributed by atoms with E-state index in [-0.39, 0.29) is 5.91 Å². The van der Waals surface area contributed by atoms with Gasteiger partial charge in [0.1, 0.15) is 12.9 Å². The van der Waals surface area contributed by atoms with Gasteiger partial charge in [0.25, 0.3) is 0 Å². The Morgan fingerprint density at radius 1 is 1.30 bits per heavy atom. The van der Waals surface area contributed by atoms with Crippen LogP contribution >= 0.6 is 0 Å². The van der Waals surface area contributed by atoms with Crippen molar-refractivity contribution < 1.29 is 4.79 Å². The second-order valence-corrected chi connectivity index (χ2v) is 5.13. The molecule has 0 saturated heterocycles. The van der Waals surface area contributed by atoms with Crippen molar-refractivity contribution in [2.24, 2.45) is 4.99 Å². The topological polar surface area (TPSA) is 78.6 Å². The quantitative estimate of drug-likeness (QED) is 0.559. The molecule has 0 aromatic carbocycles. The molecule has 8 heteroatoms. The first-order valence-electron chi connectivity index (χ1n) is 8.21. The normalized spacial score (nSPS) is 11.4. The lowest BCUT2D eigenvalue weighted by molar-refractivity contribution is -0.131. The number of aryl methyl sites for hydroxylation is 1. The summed E-state index contributed by atoms with van der Waals surface area (Å²) in [4.78, 5) is 20.5. The summed E-state index contributed by atoms with van der Waals surface area (Å²) >= 11 is 0. The Labute approximate surface area is 138 Å². The average molecular weight is 323 g/mol. The van der Waals surface area contributed by atoms with Crippen molar-refractivity contribution in [3.05, 3.63) is 12.2 Å². The van der Waals surface area contributed by atoms with Gasteiger partial charge in [-0.05, 0) is 27.7 Å². The molecule has 0 bridgehead atoms. The zero-order valence-corrected chi connectivity index (χ0v) is 14.9. The Balaban J connectivity index is 2.76. The Bertz CT molecular complexity index is 508. The number of nitrogens with zero attached hydrogens (tertiary/aromatic N) is 6. The second-order valence-electron chi connectivity index (χ2n) is 5.13. The van der Waals surface area contributed by atoms with Crippen LogP contribution in [0.25, 0.3) is 0 Å². The zero-order chi connectivity index (χ0) is 17.2. The summed E-state index contributed by atoms with van der Waals surface area (Å²) in [7, 11) is 1.87. The van der Waals surface area contributed by atoms with E-state index in [2.05, 4.69) is 20.5 Å². The molecule has 1 N–H and O–H groups in total. The fraction of sp³-hybridized carbons (Fsp3) is 0.733. The van der Waals surface area contributed by atoms with E-state index in [1.807, 2.05) is 49.1 Å². The average Bonchev–Trinajstić information content (AvgIpc) is 2.99. The summed E-state index contributed by atoms with van der Waals surface area (Å²) in [6, 6.07) is 0. The number of hydrogen-bond donors (Lipinski definition) is 1. The van der Waals surface area contributed by atoms with E-state index in [0.717, 1.165) is 32.0 Å². The van der Waals surface area contributed by atoms with Crippen LogP contribution in [0.2, 0.25) is 0 Å². The number of carbonyl (C=O) groups excluding carboxylic acids is 1. The number of hydrogen-bond acceptors (Lipinski definition) is 4. The minimum absolute atomic E-state index is 0.0971. The number of guanidine groups is 1. The van der Waals surface area contributed by atoms with Crippen molar-refractivity contribution in [2.75, 3.05) is 33.2 Å². The third kappa shape index (κ3) is 5.54. The molecule has 130 valence electrons. The standard InChI is InChI=1S/C15H29N7O/c1-6-16-15(17-10-13-19-18-12-22(13)9-4)20(5)11-14(23)21(7-2)8-3/h12H,6-11H2,1-5H3,(H,16,17). The monoisotopic (exact) mass is 323 g/mol. The highest BCUT2D eigenvalue weighted by molar-refractivity contribution is 5.86. The van der Waals surface area contributed by atoms with Gasteiger partial charge < -0.3 is 19.7 Å². The van der Waals surface area contributed by atoms with E-state index in [9.17, 15) is 4.79 Å². The molecule has 23 heavy (non-hydrogen) atoms. The van der Waals surface area contributed by atoms with E-state index < -0.39 is 0 Å². The Hall–Kier alpha value is -2.12. The highest BCUT2D eigenvalue weighted by Gasteiger charge is 2.15. The van der Waals surface area contributed by atoms with Crippen molar-refractivity contribution in [1.29, 1.82) is 0 Å². The predicted molar refractivity (Wildman–Crippen MR) is 91.1 cm³/mol. The minimum atomic E-state index is 0.0971. The van der Waals surface area contributed by atoms with Crippen LogP contribution in [0.1, 0.15) is 33.5 Å². The zero-order valence-electron chi connectivity index (χ0n) is 14.9. The first-order chi connectivity index (χ1) is 11.1. The van der Waals surface area contributed by atoms with Crippen LogP contribution < -0.4 is 5.32 Å². The van der Waals surface area contributed by atoms with E-state index in [0.29, 0.717) is 19.0 Å². The van der Waals surface area contributed by atoms with Crippen LogP contribution in [0.4, 0.5) is 0 Å². The van der Waals surface area contributed by atoms with Crippen molar-refractivity contribution >= 4 is 11.9 Å². The van der Waals surface area contributed by atoms with Crippen LogP contribution in [0.3, 0.4) is 0 Å². The molecule has 0 aliphatic heterocycles. The van der Waals surface area contributed by atoms with Gasteiger partial charge in [-0.25, -0.2) is 4.99 Å². The predicted octanol–water partition coefficient (Wildman–Crippen LogP) is 0.564. The molecule has 1 amide bonds. The molecule has 0 aliphatic rings. The first-order valence-corrected chi connectivity index (χ1v) is 8.21. The molecular formula is C15H29N7O. The van der Waals surface area contributed by atoms with Gasteiger partial charge in [-0.15, -0.1) is 10.2 Å². The SMILES string of the molecule is CCNC(=NCc1nncn1CC)N(C)CC(=O)N(CC)CC. The van der Waals surface area contributed by atoms with Crippen molar-refractivity contribution in [3.8, 4) is 0 Å². The van der Waals surface area contributed by atoms with Crippen LogP contribution in [0.5, 0.6) is 0 Å². The van der Waals surface area contributed by atoms with Crippen molar-refractivity contribution in [2.45, 2.75) is 40.8 Å². The Morgan fingerprint density at radius 3 is 2.57 bits per heavy atom. The maximum Gasteiger partial charge on any atom is 0.242 e. The fourth-order valence-corrected chi connectivity index (χ4v) is 2.23. The number of rotatable bonds is 8. The molecule has 0 spiro atoms. The molecule has 1 heterocycles. The molecule has 0 atom stereocenters. The minimum Gasteiger partial charge on any atom is -0.357 e. The maximum absolute atomic E-state index is 12.2. The molecule has 1 aromatic heterocycles. The fourth-order valence-electron chi connectivity index (χ4n) is 2.23. The highest BCUT2D eigenvalue weighted by atomic mass is 16.2. The van der Waals surface area contributed by atoms with Crippen molar-refractivity contribution in [1.82, 2.24) is 29.9 Å². The summed E-state index contributed by atoms with van der Waals surface area (Å²) in [6.45, 7) is 11.7. The third-order valence-electron chi connectivity index (χ3n) is 3.59. The number of amides is 1. The van der Waals surface area contributed by atoms with Crippen LogP contribution in [-0.2, 0) is 17.9 Å². The summed E-state index contributed by atoms with van der Waals surface area (Å²) in [6.07, 6.45) is 1.70. The van der Waals surface area contributed by atoms with Crippen LogP contribution in [-0.4, -0.2) is 69.7 Å². The molecular weight excluding hydrogens is 294 g/mol. The molecule has 8 nitrogen and oxygen atoms in total. The van der Waals surface area contributed by atoms with Gasteiger partial charge in [-0.1, -0.05) is 0 Å². The van der Waals surface area contributed by atoms with Gasteiger partial charge in [0.05, 0.1) is 6.54 Å². The number of aliphatic imine (C=N–C) groups is 1. The lowest BCUT2D eigenvalue weighted by atomic mass is 10.4. The van der Waals surface area contributed by atoms with Crippen LogP contribution in [0.15, 0.2) is 11.3 Å². The first kappa shape index (κ1) is 18.9. The Kier molecular flexibility index (Phi) is 8.07. The molecule has 0 aliphatic carbocycles. The smallest absolute Gasteiger partial charge is 0.242 e. The lowest BCUT2D eigenvalue weighted by Crippen LogP contribution is -2.45. The maximum atomic E-state index is 12.2. The number of likely N-dealkylation sites (N-methyl/N-ethyl adjacent to an activating group) is 2. The largest absolute Gasteiger partial charge is 0.357 e. The molecule has 1 aromatic rings. The Morgan fingerprint density at radius 2 is 2.00 bits per heavy atom. The molecule has 0 radical (unpaired) electrons. The number of aromatic nitrogens is 3. The molecule has 0 fully saturated rings. The molecule has 0 saturated carbocycles. The highest BCUT2D eigenvalue weighted by Crippen LogP contribution is 1.99. The number of carbonyl (C=O) groups is 1. The van der Waals surface area contributed by atoms with E-state index in [1.165, 1.54) is 0 Å². The molecule has 1 rings (SSSR count). The van der Waals surface area contributed by atoms with Gasteiger partial charge >= 0.3 is 0 Å². The van der Waals surface area contributed by atoms with Gasteiger partial charge in [-0.3, -0.25) is 4.79 Å². The number of nitrogens with one attached hydrogen (secondary N) is 1. The third-order valence-corrected chi connectivity index (χ3v) is 3.59. The van der Waals surface area contributed by atoms with Crippen LogP contribution in [0, 0.1) is 0 Å². The summed E-state index contributed by atoms with van der Waals surface area (Å²) in [5, 5.41) is 11.2. The van der Waals surface area contributed by atoms with Gasteiger partial charge in [0.15, 0.2) is 11.8 Å². The van der Waals surface area contributed by atoms with Gasteiger partial charge in [0, 0.05) is 33.2 Å². The summed E-state index contributed by atoms with van der Waals surface area (Å²) in [5.41, 5.74) is 0. The second kappa shape index (κ2) is 9.81. The van der Waals surface area contributed by atoms with E-state index in [4.69, 9.17) is 0 Å². The van der Waals surface area contributed by atoms with Crippen molar-refractivity contribution in [3.63, 3.8) is 0 Å². The molecule has 0 unspecified atom stereocenters. The summed E-state index contributed by atoms with van der Waals surface area (Å²) < 4.78 is 1.95. The van der Waals surface area contributed by atoms with Gasteiger partial charge in [-0.2, -0.15) is 0 Å². The van der Waals surface area contributed by atoms with E-state index in [1.54, 1.807) is 6.33 Å². The van der Waals surface area contributed by atoms with Gasteiger partial charge in [0.2, 0.25) is 5.91 Å². The van der Waals surface area contributed by atoms with E-state index >= 15 is 0 Å².